The maximum atomic E-state index is 5.20. The van der Waals surface area contributed by atoms with Gasteiger partial charge in [0.1, 0.15) is 0 Å². The third-order valence-electron chi connectivity index (χ3n) is 12.9. The molecule has 63 heavy (non-hydrogen) atoms. The van der Waals surface area contributed by atoms with Crippen LogP contribution in [0, 0.1) is 0 Å². The second kappa shape index (κ2) is 14.1. The van der Waals surface area contributed by atoms with Gasteiger partial charge in [0.25, 0.3) is 0 Å². The van der Waals surface area contributed by atoms with E-state index in [2.05, 4.69) is 199 Å². The lowest BCUT2D eigenvalue weighted by atomic mass is 9.67. The number of rotatable bonds is 5. The average molecular weight is 821 g/mol. The smallest absolute Gasteiger partial charge is 0.164 e. The quantitative estimate of drug-likeness (QED) is 0.173. The van der Waals surface area contributed by atoms with Gasteiger partial charge in [-0.1, -0.05) is 206 Å². The van der Waals surface area contributed by atoms with Gasteiger partial charge < -0.3 is 4.57 Å². The van der Waals surface area contributed by atoms with Gasteiger partial charge in [0.15, 0.2) is 17.5 Å². The summed E-state index contributed by atoms with van der Waals surface area (Å²) in [6.07, 6.45) is 0. The van der Waals surface area contributed by atoms with E-state index < -0.39 is 5.41 Å². The zero-order valence-electron chi connectivity index (χ0n) is 34.0. The van der Waals surface area contributed by atoms with Crippen molar-refractivity contribution in [1.29, 1.82) is 0 Å². The molecule has 0 bridgehead atoms. The number of hydrogen-bond donors (Lipinski definition) is 0. The molecule has 0 saturated carbocycles. The highest BCUT2D eigenvalue weighted by atomic mass is 32.2. The molecule has 0 radical (unpaired) electrons. The Bertz CT molecular complexity index is 3550. The van der Waals surface area contributed by atoms with Gasteiger partial charge in [-0.2, -0.15) is 0 Å². The SMILES string of the molecule is c1ccc(-c2ccc(-c3nc(-c4ccccc4)nc(-c4cccc(-n5c6ccccc6c6ccc7c(c65)Sc5ccccc5C75c6ccccc6-c6ccccc65)c4)n3)cc2)cc1. The summed E-state index contributed by atoms with van der Waals surface area (Å²) >= 11 is 1.89. The van der Waals surface area contributed by atoms with Gasteiger partial charge in [0.2, 0.25) is 0 Å². The van der Waals surface area contributed by atoms with Gasteiger partial charge in [-0.25, -0.2) is 15.0 Å². The van der Waals surface area contributed by atoms with Crippen LogP contribution >= 0.6 is 11.8 Å². The van der Waals surface area contributed by atoms with Crippen LogP contribution in [0.5, 0.6) is 0 Å². The van der Waals surface area contributed by atoms with E-state index >= 15 is 0 Å². The molecule has 0 atom stereocenters. The lowest BCUT2D eigenvalue weighted by Crippen LogP contribution is -2.32. The first-order chi connectivity index (χ1) is 31.2. The minimum Gasteiger partial charge on any atom is -0.308 e. The molecule has 0 unspecified atom stereocenters. The molecule has 1 aliphatic heterocycles. The number of para-hydroxylation sites is 1. The lowest BCUT2D eigenvalue weighted by molar-refractivity contribution is 0.724. The number of aromatic nitrogens is 4. The topological polar surface area (TPSA) is 43.6 Å². The summed E-state index contributed by atoms with van der Waals surface area (Å²) in [5, 5.41) is 2.44. The second-order valence-electron chi connectivity index (χ2n) is 16.3. The lowest BCUT2D eigenvalue weighted by Gasteiger charge is -2.40. The Balaban J connectivity index is 1.03. The van der Waals surface area contributed by atoms with Crippen molar-refractivity contribution in [3.63, 3.8) is 0 Å². The summed E-state index contributed by atoms with van der Waals surface area (Å²) in [4.78, 5) is 18.0. The van der Waals surface area contributed by atoms with Crippen molar-refractivity contribution < 1.29 is 0 Å². The molecular weight excluding hydrogens is 785 g/mol. The number of nitrogens with zero attached hydrogens (tertiary/aromatic N) is 4. The van der Waals surface area contributed by atoms with Crippen LogP contribution in [0.25, 0.3) is 83.9 Å². The normalized spacial score (nSPS) is 13.1. The molecule has 3 heterocycles. The van der Waals surface area contributed by atoms with Crippen molar-refractivity contribution in [3.8, 4) is 62.1 Å². The van der Waals surface area contributed by atoms with Crippen molar-refractivity contribution in [3.05, 3.63) is 241 Å². The molecule has 2 aliphatic rings. The van der Waals surface area contributed by atoms with E-state index in [0.29, 0.717) is 17.5 Å². The van der Waals surface area contributed by atoms with Crippen molar-refractivity contribution in [1.82, 2.24) is 19.5 Å². The minimum absolute atomic E-state index is 0.476. The van der Waals surface area contributed by atoms with E-state index in [0.717, 1.165) is 33.5 Å². The minimum atomic E-state index is -0.476. The van der Waals surface area contributed by atoms with Gasteiger partial charge in [-0.15, -0.1) is 0 Å². The zero-order valence-corrected chi connectivity index (χ0v) is 34.8. The van der Waals surface area contributed by atoms with E-state index in [1.54, 1.807) is 0 Å². The molecule has 0 saturated heterocycles. The van der Waals surface area contributed by atoms with E-state index in [1.807, 2.05) is 36.0 Å². The van der Waals surface area contributed by atoms with Crippen molar-refractivity contribution in [2.75, 3.05) is 0 Å². The van der Waals surface area contributed by atoms with Crippen LogP contribution < -0.4 is 0 Å². The molecule has 294 valence electrons. The summed E-state index contributed by atoms with van der Waals surface area (Å²) in [5.74, 6) is 1.89. The fourth-order valence-corrected chi connectivity index (χ4v) is 11.5. The third kappa shape index (κ3) is 5.40. The van der Waals surface area contributed by atoms with Crippen LogP contribution in [-0.2, 0) is 5.41 Å². The number of hydrogen-bond acceptors (Lipinski definition) is 4. The highest BCUT2D eigenvalue weighted by Crippen LogP contribution is 2.63. The van der Waals surface area contributed by atoms with Gasteiger partial charge in [0.05, 0.1) is 16.4 Å². The van der Waals surface area contributed by atoms with Crippen molar-refractivity contribution in [2.45, 2.75) is 15.2 Å². The second-order valence-corrected chi connectivity index (χ2v) is 17.3. The summed E-state index contributed by atoms with van der Waals surface area (Å²) in [6.45, 7) is 0. The molecular formula is C58H36N4S. The fraction of sp³-hybridized carbons (Fsp3) is 0.0172. The van der Waals surface area contributed by atoms with Crippen molar-refractivity contribution in [2.24, 2.45) is 0 Å². The maximum absolute atomic E-state index is 5.20. The fourth-order valence-electron chi connectivity index (χ4n) is 10.2. The van der Waals surface area contributed by atoms with Gasteiger partial charge >= 0.3 is 0 Å². The summed E-state index contributed by atoms with van der Waals surface area (Å²) in [5.41, 5.74) is 15.9. The molecule has 0 fully saturated rings. The summed E-state index contributed by atoms with van der Waals surface area (Å²) < 4.78 is 2.47. The molecule has 13 rings (SSSR count). The van der Waals surface area contributed by atoms with E-state index in [9.17, 15) is 0 Å². The molecule has 2 aromatic heterocycles. The Morgan fingerprint density at radius 3 is 1.60 bits per heavy atom. The number of benzene rings is 9. The van der Waals surface area contributed by atoms with Gasteiger partial charge in [-0.05, 0) is 68.8 Å². The van der Waals surface area contributed by atoms with Gasteiger partial charge in [0, 0.05) is 42.9 Å². The van der Waals surface area contributed by atoms with E-state index in [-0.39, 0.29) is 0 Å². The first-order valence-electron chi connectivity index (χ1n) is 21.4. The van der Waals surface area contributed by atoms with Gasteiger partial charge in [-0.3, -0.25) is 0 Å². The van der Waals surface area contributed by atoms with Crippen LogP contribution in [0.3, 0.4) is 0 Å². The standard InChI is InChI=1S/C58H36N4S/c1-3-16-37(17-4-1)38-30-32-40(33-31-38)56-59-55(39-18-5-2-6-19-39)60-57(61-56)41-20-15-21-42(36-41)62-51-28-13-9-24-45(51)46-34-35-50-54(53(46)62)63-52-29-14-12-27-49(52)58(50)47-25-10-7-22-43(47)44-23-8-11-26-48(44)58/h1-36H. The Morgan fingerprint density at radius 1 is 0.365 bits per heavy atom. The Hall–Kier alpha value is -7.86. The Labute approximate surface area is 369 Å². The molecule has 0 amide bonds. The monoisotopic (exact) mass is 820 g/mol. The summed E-state index contributed by atoms with van der Waals surface area (Å²) in [6, 6.07) is 78.5. The highest BCUT2D eigenvalue weighted by Gasteiger charge is 2.50. The molecule has 1 aliphatic carbocycles. The molecule has 4 nitrogen and oxygen atoms in total. The predicted molar refractivity (Wildman–Crippen MR) is 257 cm³/mol. The predicted octanol–water partition coefficient (Wildman–Crippen LogP) is 14.5. The van der Waals surface area contributed by atoms with Crippen LogP contribution in [-0.4, -0.2) is 19.5 Å². The molecule has 5 heteroatoms. The van der Waals surface area contributed by atoms with Crippen LogP contribution in [0.2, 0.25) is 0 Å². The largest absolute Gasteiger partial charge is 0.308 e. The molecule has 1 spiro atoms. The highest BCUT2D eigenvalue weighted by molar-refractivity contribution is 7.99. The Kier molecular flexibility index (Phi) is 8.02. The van der Waals surface area contributed by atoms with Crippen molar-refractivity contribution >= 4 is 33.6 Å². The van der Waals surface area contributed by atoms with Crippen LogP contribution in [0.1, 0.15) is 22.3 Å². The van der Waals surface area contributed by atoms with Crippen LogP contribution in [0.15, 0.2) is 228 Å². The first kappa shape index (κ1) is 35.9. The average Bonchev–Trinajstić information content (AvgIpc) is 3.86. The van der Waals surface area contributed by atoms with E-state index in [1.165, 1.54) is 65.0 Å². The van der Waals surface area contributed by atoms with E-state index in [4.69, 9.17) is 15.0 Å². The first-order valence-corrected chi connectivity index (χ1v) is 22.2. The maximum Gasteiger partial charge on any atom is 0.164 e. The molecule has 9 aromatic carbocycles. The van der Waals surface area contributed by atoms with Crippen LogP contribution in [0.4, 0.5) is 0 Å². The number of fused-ring (bicyclic) bond motifs is 13. The zero-order chi connectivity index (χ0) is 41.5. The molecule has 11 aromatic rings. The third-order valence-corrected chi connectivity index (χ3v) is 14.1. The Morgan fingerprint density at radius 2 is 0.889 bits per heavy atom. The molecule has 0 N–H and O–H groups in total. The summed E-state index contributed by atoms with van der Waals surface area (Å²) in [7, 11) is 0.